The van der Waals surface area contributed by atoms with Gasteiger partial charge in [0.25, 0.3) is 0 Å². The van der Waals surface area contributed by atoms with Crippen LogP contribution in [0.2, 0.25) is 0 Å². The first kappa shape index (κ1) is 56.4. The summed E-state index contributed by atoms with van der Waals surface area (Å²) in [6.45, 7) is -3.98. The minimum absolute atomic E-state index is 0.00204. The predicted molar refractivity (Wildman–Crippen MR) is 223 cm³/mol. The summed E-state index contributed by atoms with van der Waals surface area (Å²) in [5, 5.41) is 120. The minimum atomic E-state index is -1.36. The molecule has 0 amide bonds. The van der Waals surface area contributed by atoms with E-state index in [0.29, 0.717) is 0 Å². The Morgan fingerprint density at radius 1 is 0.344 bits per heavy atom. The molecule has 2 rings (SSSR count). The lowest BCUT2D eigenvalue weighted by Crippen LogP contribution is -2.55. The second-order valence-corrected chi connectivity index (χ2v) is 16.1. The van der Waals surface area contributed by atoms with Gasteiger partial charge in [0.15, 0.2) is 0 Å². The summed E-state index contributed by atoms with van der Waals surface area (Å²) in [7, 11) is 0. The predicted octanol–water partition coefficient (Wildman–Crippen LogP) is -7.12. The maximum atomic E-state index is 13.0. The van der Waals surface area contributed by atoms with Crippen molar-refractivity contribution in [3.63, 3.8) is 0 Å². The normalized spacial score (nSPS) is 22.0. The minimum Gasteiger partial charge on any atom is -0.480 e. The van der Waals surface area contributed by atoms with Crippen molar-refractivity contribution in [2.75, 3.05) is 157 Å². The van der Waals surface area contributed by atoms with Crippen LogP contribution in [0.25, 0.3) is 0 Å². The van der Waals surface area contributed by atoms with Crippen molar-refractivity contribution in [1.29, 1.82) is 0 Å². The maximum absolute atomic E-state index is 13.0. The molecule has 26 nitrogen and oxygen atoms in total. The average molecular weight is 927 g/mol. The molecular formula is C38H70N8O18. The SMILES string of the molecule is O=C(O)CN1CCN(C(CCC(C(=O)O)N2CCN(CC(=O)O)CCN(C(CO)C(O)CO)CCN(CC(=O)O)CC2)C(=O)O)CCN(CC(=O)O)CCN(C(CO)C(O)CO)CC1. The van der Waals surface area contributed by atoms with Gasteiger partial charge in [-0.15, -0.1) is 0 Å². The van der Waals surface area contributed by atoms with Gasteiger partial charge in [0.2, 0.25) is 0 Å². The van der Waals surface area contributed by atoms with Crippen molar-refractivity contribution in [2.45, 2.75) is 49.2 Å². The lowest BCUT2D eigenvalue weighted by Gasteiger charge is -2.39. The van der Waals surface area contributed by atoms with E-state index in [-0.39, 0.29) is 118 Å². The molecule has 6 unspecified atom stereocenters. The van der Waals surface area contributed by atoms with Crippen LogP contribution in [0.4, 0.5) is 0 Å². The standard InChI is InChI=1S/C38H70N8O18/c47-23-29(31(51)25-49)45-15-7-39(19-33(53)54)3-11-43(12-4-40(8-16-45)20-34(55)56)27(37(61)62)1-2-28(38(63)64)44-13-5-41(21-35(57)58)9-17-46(30(24-48)32(52)26-50)18-10-42(6-14-44)22-36(59)60/h27-32,47-52H,1-26H2,(H,53,54)(H,55,56)(H,57,58)(H,59,60)(H,61,62)(H,63,64). The highest BCUT2D eigenvalue weighted by Gasteiger charge is 2.34. The number of hydrogen-bond acceptors (Lipinski definition) is 20. The van der Waals surface area contributed by atoms with Crippen molar-refractivity contribution in [3.05, 3.63) is 0 Å². The fraction of sp³-hybridized carbons (Fsp3) is 0.842. The Balaban J connectivity index is 2.47. The molecule has 0 aromatic carbocycles. The zero-order chi connectivity index (χ0) is 47.9. The summed E-state index contributed by atoms with van der Waals surface area (Å²) in [5.41, 5.74) is 0. The molecule has 2 fully saturated rings. The summed E-state index contributed by atoms with van der Waals surface area (Å²) < 4.78 is 0. The Labute approximate surface area is 371 Å². The number of nitrogens with zero attached hydrogens (tertiary/aromatic N) is 8. The molecule has 0 radical (unpaired) electrons. The Hall–Kier alpha value is -3.74. The van der Waals surface area contributed by atoms with Gasteiger partial charge in [0.1, 0.15) is 12.1 Å². The molecule has 6 atom stereocenters. The third-order valence-electron chi connectivity index (χ3n) is 11.8. The molecule has 0 spiro atoms. The van der Waals surface area contributed by atoms with Crippen LogP contribution in [0, 0.1) is 0 Å². The summed E-state index contributed by atoms with van der Waals surface area (Å²) in [4.78, 5) is 86.0. The Bertz CT molecular complexity index is 1290. The van der Waals surface area contributed by atoms with Crippen LogP contribution in [-0.4, -0.2) is 330 Å². The Morgan fingerprint density at radius 2 is 0.562 bits per heavy atom. The highest BCUT2D eigenvalue weighted by Crippen LogP contribution is 2.17. The highest BCUT2D eigenvalue weighted by atomic mass is 16.4. The van der Waals surface area contributed by atoms with Crippen LogP contribution in [0.3, 0.4) is 0 Å². The van der Waals surface area contributed by atoms with E-state index in [4.69, 9.17) is 0 Å². The second kappa shape index (κ2) is 29.7. The summed E-state index contributed by atoms with van der Waals surface area (Å²) >= 11 is 0. The van der Waals surface area contributed by atoms with E-state index in [2.05, 4.69) is 0 Å². The van der Waals surface area contributed by atoms with E-state index < -0.39 is 125 Å². The first-order valence-corrected chi connectivity index (χ1v) is 21.3. The zero-order valence-corrected chi connectivity index (χ0v) is 36.2. The number of carboxylic acids is 6. The maximum Gasteiger partial charge on any atom is 0.320 e. The largest absolute Gasteiger partial charge is 0.480 e. The number of hydrogen-bond donors (Lipinski definition) is 12. The van der Waals surface area contributed by atoms with Gasteiger partial charge in [0, 0.05) is 105 Å². The average Bonchev–Trinajstić information content (AvgIpc) is 3.21. The molecule has 26 heteroatoms. The molecule has 2 aliphatic rings. The highest BCUT2D eigenvalue weighted by molar-refractivity contribution is 5.75. The summed E-state index contributed by atoms with van der Waals surface area (Å²) in [6.07, 6.45) is -3.24. The van der Waals surface area contributed by atoms with E-state index in [1.807, 2.05) is 0 Å². The van der Waals surface area contributed by atoms with Crippen LogP contribution in [0.1, 0.15) is 12.8 Å². The first-order chi connectivity index (χ1) is 30.3. The topological polar surface area (TPSA) is 371 Å². The molecule has 64 heavy (non-hydrogen) atoms. The van der Waals surface area contributed by atoms with E-state index in [9.17, 15) is 90.0 Å². The lowest BCUT2D eigenvalue weighted by atomic mass is 10.0. The molecule has 2 heterocycles. The Kier molecular flexibility index (Phi) is 26.2. The van der Waals surface area contributed by atoms with Gasteiger partial charge >= 0.3 is 35.8 Å². The molecule has 0 saturated carbocycles. The van der Waals surface area contributed by atoms with Crippen molar-refractivity contribution in [3.8, 4) is 0 Å². The fourth-order valence-corrected chi connectivity index (χ4v) is 8.18. The quantitative estimate of drug-likeness (QED) is 0.0453. The third kappa shape index (κ3) is 20.2. The number of carbonyl (C=O) groups is 6. The van der Waals surface area contributed by atoms with Crippen LogP contribution in [0.5, 0.6) is 0 Å². The van der Waals surface area contributed by atoms with E-state index >= 15 is 0 Å². The van der Waals surface area contributed by atoms with Crippen molar-refractivity contribution >= 4 is 35.8 Å². The number of rotatable bonds is 23. The van der Waals surface area contributed by atoms with Gasteiger partial charge in [-0.2, -0.15) is 0 Å². The molecule has 2 saturated heterocycles. The van der Waals surface area contributed by atoms with Gasteiger partial charge in [-0.25, -0.2) is 0 Å². The third-order valence-corrected chi connectivity index (χ3v) is 11.8. The summed E-state index contributed by atoms with van der Waals surface area (Å²) in [6, 6.07) is -4.62. The van der Waals surface area contributed by atoms with E-state index in [1.54, 1.807) is 9.80 Å². The van der Waals surface area contributed by atoms with Gasteiger partial charge < -0.3 is 61.3 Å². The number of aliphatic hydroxyl groups is 6. The smallest absolute Gasteiger partial charge is 0.320 e. The van der Waals surface area contributed by atoms with Crippen LogP contribution >= 0.6 is 0 Å². The molecule has 0 aromatic heterocycles. The molecular weight excluding hydrogens is 856 g/mol. The Morgan fingerprint density at radius 3 is 0.734 bits per heavy atom. The van der Waals surface area contributed by atoms with E-state index in [1.165, 1.54) is 29.4 Å². The zero-order valence-electron chi connectivity index (χ0n) is 36.2. The van der Waals surface area contributed by atoms with Gasteiger partial charge in [0.05, 0.1) is 76.9 Å². The molecule has 0 aliphatic carbocycles. The second-order valence-electron chi connectivity index (χ2n) is 16.1. The number of aliphatic carboxylic acids is 6. The van der Waals surface area contributed by atoms with Gasteiger partial charge in [-0.1, -0.05) is 0 Å². The van der Waals surface area contributed by atoms with Crippen LogP contribution in [0.15, 0.2) is 0 Å². The number of aliphatic hydroxyl groups excluding tert-OH is 6. The summed E-state index contributed by atoms with van der Waals surface area (Å²) in [5.74, 6) is -7.40. The van der Waals surface area contributed by atoms with Gasteiger partial charge in [-0.05, 0) is 12.8 Å². The molecule has 0 bridgehead atoms. The number of carboxylic acid groups (broad SMARTS) is 6. The monoisotopic (exact) mass is 926 g/mol. The molecule has 2 aliphatic heterocycles. The fourth-order valence-electron chi connectivity index (χ4n) is 8.18. The van der Waals surface area contributed by atoms with Crippen molar-refractivity contribution in [2.24, 2.45) is 0 Å². The molecule has 0 aromatic rings. The lowest BCUT2D eigenvalue weighted by molar-refractivity contribution is -0.147. The van der Waals surface area contributed by atoms with E-state index in [0.717, 1.165) is 0 Å². The first-order valence-electron chi connectivity index (χ1n) is 21.3. The van der Waals surface area contributed by atoms with Gasteiger partial charge in [-0.3, -0.25) is 68.0 Å². The van der Waals surface area contributed by atoms with Crippen LogP contribution in [-0.2, 0) is 28.8 Å². The van der Waals surface area contributed by atoms with Crippen molar-refractivity contribution < 1.29 is 90.0 Å². The molecule has 370 valence electrons. The van der Waals surface area contributed by atoms with Crippen LogP contribution < -0.4 is 0 Å². The van der Waals surface area contributed by atoms with Crippen molar-refractivity contribution in [1.82, 2.24) is 39.2 Å². The molecule has 12 N–H and O–H groups in total.